The molecule has 170 valence electrons. The largest absolute Gasteiger partial charge is 0.390 e. The smallest absolute Gasteiger partial charge is 0.273 e. The summed E-state index contributed by atoms with van der Waals surface area (Å²) in [7, 11) is 3.55. The van der Waals surface area contributed by atoms with Gasteiger partial charge in [0.15, 0.2) is 5.65 Å². The zero-order valence-electron chi connectivity index (χ0n) is 18.8. The minimum atomic E-state index is -0.639. The van der Waals surface area contributed by atoms with E-state index in [0.29, 0.717) is 17.9 Å². The fourth-order valence-corrected chi connectivity index (χ4v) is 4.37. The minimum absolute atomic E-state index is 0.232. The van der Waals surface area contributed by atoms with Crippen LogP contribution >= 0.6 is 0 Å². The Morgan fingerprint density at radius 1 is 1.18 bits per heavy atom. The summed E-state index contributed by atoms with van der Waals surface area (Å²) in [5.41, 5.74) is 5.24. The maximum atomic E-state index is 13.0. The van der Waals surface area contributed by atoms with E-state index in [4.69, 9.17) is 0 Å². The number of β-amino-alcohol motifs (C(OH)–C–C–N with tert-alkyl or cyclic N) is 1. The number of likely N-dealkylation sites (N-methyl/N-ethyl adjacent to an activating group) is 1. The van der Waals surface area contributed by atoms with Gasteiger partial charge in [-0.05, 0) is 17.5 Å². The molecule has 0 unspecified atom stereocenters. The molecular formula is C24H27N7O2. The van der Waals surface area contributed by atoms with E-state index in [1.54, 1.807) is 34.7 Å². The Morgan fingerprint density at radius 3 is 2.79 bits per heavy atom. The molecule has 1 N–H and O–H groups in total. The molecule has 9 heteroatoms. The van der Waals surface area contributed by atoms with Gasteiger partial charge in [-0.2, -0.15) is 5.10 Å². The van der Waals surface area contributed by atoms with Crippen molar-refractivity contribution in [1.82, 2.24) is 33.9 Å². The van der Waals surface area contributed by atoms with Crippen molar-refractivity contribution in [3.8, 4) is 11.3 Å². The van der Waals surface area contributed by atoms with Gasteiger partial charge in [-0.25, -0.2) is 4.98 Å². The SMILES string of the molecule is CN(C[C@H](O)CN1CCc2ccccc2C1)C(=O)c1cn2cc(-c3cnn(C)c3)ncc2n1. The number of aliphatic hydroxyl groups is 1. The predicted molar refractivity (Wildman–Crippen MR) is 124 cm³/mol. The molecular weight excluding hydrogens is 418 g/mol. The van der Waals surface area contributed by atoms with Crippen LogP contribution in [0.4, 0.5) is 0 Å². The highest BCUT2D eigenvalue weighted by Crippen LogP contribution is 2.19. The molecule has 0 aliphatic carbocycles. The third kappa shape index (κ3) is 4.50. The van der Waals surface area contributed by atoms with Crippen molar-refractivity contribution >= 4 is 11.6 Å². The number of carbonyl (C=O) groups is 1. The molecule has 3 aromatic heterocycles. The van der Waals surface area contributed by atoms with Gasteiger partial charge in [0.2, 0.25) is 0 Å². The number of fused-ring (bicyclic) bond motifs is 2. The second-order valence-electron chi connectivity index (χ2n) is 8.66. The number of amides is 1. The lowest BCUT2D eigenvalue weighted by molar-refractivity contribution is 0.0565. The van der Waals surface area contributed by atoms with E-state index < -0.39 is 6.10 Å². The Kier molecular flexibility index (Phi) is 5.65. The maximum Gasteiger partial charge on any atom is 0.273 e. The Bertz CT molecular complexity index is 1290. The average Bonchev–Trinajstić information content (AvgIpc) is 3.44. The predicted octanol–water partition coefficient (Wildman–Crippen LogP) is 1.62. The van der Waals surface area contributed by atoms with E-state index in [9.17, 15) is 9.90 Å². The number of aryl methyl sites for hydroxylation is 1. The number of carbonyl (C=O) groups excluding carboxylic acids is 1. The Balaban J connectivity index is 1.22. The molecule has 1 aliphatic rings. The van der Waals surface area contributed by atoms with Crippen LogP contribution in [0.25, 0.3) is 16.9 Å². The first kappa shape index (κ1) is 21.3. The summed E-state index contributed by atoms with van der Waals surface area (Å²) in [5, 5.41) is 14.8. The lowest BCUT2D eigenvalue weighted by Crippen LogP contribution is -2.42. The average molecular weight is 446 g/mol. The van der Waals surface area contributed by atoms with E-state index in [1.165, 1.54) is 16.0 Å². The first-order valence-electron chi connectivity index (χ1n) is 11.0. The van der Waals surface area contributed by atoms with Crippen LogP contribution in [0.15, 0.2) is 55.2 Å². The number of imidazole rings is 1. The molecule has 5 rings (SSSR count). The Hall–Kier alpha value is -3.56. The highest BCUT2D eigenvalue weighted by molar-refractivity contribution is 5.92. The van der Waals surface area contributed by atoms with Crippen molar-refractivity contribution in [3.63, 3.8) is 0 Å². The first-order valence-corrected chi connectivity index (χ1v) is 11.0. The molecule has 33 heavy (non-hydrogen) atoms. The summed E-state index contributed by atoms with van der Waals surface area (Å²) in [6, 6.07) is 8.43. The monoisotopic (exact) mass is 445 g/mol. The normalized spacial score (nSPS) is 14.9. The van der Waals surface area contributed by atoms with Gasteiger partial charge in [0.1, 0.15) is 5.69 Å². The molecule has 1 amide bonds. The highest BCUT2D eigenvalue weighted by Gasteiger charge is 2.22. The van der Waals surface area contributed by atoms with E-state index >= 15 is 0 Å². The highest BCUT2D eigenvalue weighted by atomic mass is 16.3. The van der Waals surface area contributed by atoms with Crippen LogP contribution in [0.1, 0.15) is 21.6 Å². The van der Waals surface area contributed by atoms with E-state index in [-0.39, 0.29) is 12.5 Å². The van der Waals surface area contributed by atoms with E-state index in [2.05, 4.69) is 44.2 Å². The van der Waals surface area contributed by atoms with Gasteiger partial charge >= 0.3 is 0 Å². The Morgan fingerprint density at radius 2 is 2.00 bits per heavy atom. The van der Waals surface area contributed by atoms with Gasteiger partial charge in [-0.1, -0.05) is 24.3 Å². The Labute approximate surface area is 191 Å². The summed E-state index contributed by atoms with van der Waals surface area (Å²) < 4.78 is 3.50. The van der Waals surface area contributed by atoms with Crippen molar-refractivity contribution in [2.24, 2.45) is 7.05 Å². The lowest BCUT2D eigenvalue weighted by atomic mass is 10.00. The zero-order chi connectivity index (χ0) is 22.9. The van der Waals surface area contributed by atoms with Gasteiger partial charge in [0, 0.05) is 64.4 Å². The molecule has 1 atom stereocenters. The molecule has 0 saturated heterocycles. The number of nitrogens with zero attached hydrogens (tertiary/aromatic N) is 7. The van der Waals surface area contributed by atoms with Gasteiger partial charge in [-0.3, -0.25) is 19.4 Å². The molecule has 0 bridgehead atoms. The molecule has 9 nitrogen and oxygen atoms in total. The fraction of sp³-hybridized carbons (Fsp3) is 0.333. The second kappa shape index (κ2) is 8.76. The maximum absolute atomic E-state index is 13.0. The third-order valence-corrected chi connectivity index (χ3v) is 6.07. The standard InChI is InChI=1S/C24H27N7O2/c1-28(13-20(32)14-30-8-7-17-5-3-4-6-18(17)12-30)24(33)22-16-31-15-21(25-10-23(31)27-22)19-9-26-29(2)11-19/h3-6,9-11,15-16,20,32H,7-8,12-14H2,1-2H3/t20-/m0/s1. The van der Waals surface area contributed by atoms with Crippen molar-refractivity contribution in [1.29, 1.82) is 0 Å². The third-order valence-electron chi connectivity index (χ3n) is 6.07. The van der Waals surface area contributed by atoms with Crippen LogP contribution in [0.3, 0.4) is 0 Å². The van der Waals surface area contributed by atoms with Crippen LogP contribution in [-0.4, -0.2) is 77.7 Å². The molecule has 0 saturated carbocycles. The molecule has 1 aliphatic heterocycles. The second-order valence-corrected chi connectivity index (χ2v) is 8.66. The van der Waals surface area contributed by atoms with Crippen LogP contribution in [0.2, 0.25) is 0 Å². The molecule has 0 fully saturated rings. The summed E-state index contributed by atoms with van der Waals surface area (Å²) in [4.78, 5) is 25.6. The number of aliphatic hydroxyl groups excluding tert-OH is 1. The number of aromatic nitrogens is 5. The summed E-state index contributed by atoms with van der Waals surface area (Å²) >= 11 is 0. The number of hydrogen-bond donors (Lipinski definition) is 1. The minimum Gasteiger partial charge on any atom is -0.390 e. The molecule has 1 aromatic carbocycles. The summed E-state index contributed by atoms with van der Waals surface area (Å²) in [5.74, 6) is -0.232. The number of hydrogen-bond acceptors (Lipinski definition) is 6. The van der Waals surface area contributed by atoms with Crippen LogP contribution < -0.4 is 0 Å². The topological polar surface area (TPSA) is 91.8 Å². The summed E-state index contributed by atoms with van der Waals surface area (Å²) in [6.07, 6.45) is 9.14. The van der Waals surface area contributed by atoms with Gasteiger partial charge in [-0.15, -0.1) is 0 Å². The molecule has 0 radical (unpaired) electrons. The van der Waals surface area contributed by atoms with Crippen molar-refractivity contribution in [3.05, 3.63) is 72.1 Å². The van der Waals surface area contributed by atoms with Gasteiger partial charge in [0.25, 0.3) is 5.91 Å². The van der Waals surface area contributed by atoms with E-state index in [1.807, 2.05) is 19.4 Å². The fourth-order valence-electron chi connectivity index (χ4n) is 4.37. The molecule has 4 heterocycles. The van der Waals surface area contributed by atoms with Crippen molar-refractivity contribution in [2.75, 3.05) is 26.7 Å². The van der Waals surface area contributed by atoms with Crippen LogP contribution in [-0.2, 0) is 20.0 Å². The van der Waals surface area contributed by atoms with Crippen LogP contribution in [0, 0.1) is 0 Å². The zero-order valence-corrected chi connectivity index (χ0v) is 18.8. The van der Waals surface area contributed by atoms with E-state index in [0.717, 1.165) is 30.8 Å². The number of rotatable bonds is 6. The number of benzene rings is 1. The van der Waals surface area contributed by atoms with Gasteiger partial charge in [0.05, 0.1) is 24.2 Å². The summed E-state index contributed by atoms with van der Waals surface area (Å²) in [6.45, 7) is 2.49. The molecule has 4 aromatic rings. The quantitative estimate of drug-likeness (QED) is 0.485. The first-order chi connectivity index (χ1) is 16.0. The van der Waals surface area contributed by atoms with Gasteiger partial charge < -0.3 is 14.4 Å². The van der Waals surface area contributed by atoms with Crippen molar-refractivity contribution < 1.29 is 9.90 Å². The van der Waals surface area contributed by atoms with Crippen molar-refractivity contribution in [2.45, 2.75) is 19.1 Å². The molecule has 0 spiro atoms. The lowest BCUT2D eigenvalue weighted by Gasteiger charge is -2.31. The van der Waals surface area contributed by atoms with Crippen LogP contribution in [0.5, 0.6) is 0 Å².